The summed E-state index contributed by atoms with van der Waals surface area (Å²) in [6, 6.07) is 13.5. The quantitative estimate of drug-likeness (QED) is 0.419. The molecule has 0 spiro atoms. The highest BCUT2D eigenvalue weighted by atomic mass is 16.2. The zero-order valence-electron chi connectivity index (χ0n) is 22.7. The minimum atomic E-state index is -0.143. The number of carbonyl (C=O) groups is 2. The normalized spacial score (nSPS) is 19.3. The molecule has 2 amide bonds. The van der Waals surface area contributed by atoms with Crippen LogP contribution in [0.2, 0.25) is 0 Å². The first-order chi connectivity index (χ1) is 19.5. The van der Waals surface area contributed by atoms with Crippen molar-refractivity contribution in [3.8, 4) is 0 Å². The molecule has 2 heterocycles. The highest BCUT2D eigenvalue weighted by Gasteiger charge is 2.19. The fraction of sp³-hybridized carbons (Fsp3) is 0.281. The predicted octanol–water partition coefficient (Wildman–Crippen LogP) is 4.89. The summed E-state index contributed by atoms with van der Waals surface area (Å²) >= 11 is 0. The molecule has 0 bridgehead atoms. The van der Waals surface area contributed by atoms with Crippen LogP contribution in [0.5, 0.6) is 0 Å². The number of anilines is 2. The molecule has 1 atom stereocenters. The summed E-state index contributed by atoms with van der Waals surface area (Å²) in [6.45, 7) is 4.08. The number of nitrogens with one attached hydrogen (secondary N) is 3. The molecule has 3 N–H and O–H groups in total. The van der Waals surface area contributed by atoms with Crippen molar-refractivity contribution in [2.45, 2.75) is 25.2 Å². The molecule has 2 aliphatic carbocycles. The Morgan fingerprint density at radius 3 is 2.55 bits per heavy atom. The summed E-state index contributed by atoms with van der Waals surface area (Å²) in [6.07, 6.45) is 14.4. The third-order valence-corrected chi connectivity index (χ3v) is 7.76. The number of aromatic nitrogens is 2. The van der Waals surface area contributed by atoms with E-state index in [0.717, 1.165) is 67.3 Å². The SMILES string of the molecule is CN1CCN(c2ccc(C(=O)Nc3ccc4nc(C5C=CC(C(=O)NC6=CC=CCC6)=CC5)[nH]c4c3)cc2)CC1. The van der Waals surface area contributed by atoms with Crippen LogP contribution in [0.15, 0.2) is 90.2 Å². The molecule has 1 aromatic heterocycles. The second kappa shape index (κ2) is 11.4. The van der Waals surface area contributed by atoms with E-state index in [-0.39, 0.29) is 17.7 Å². The Bertz CT molecular complexity index is 1540. The van der Waals surface area contributed by atoms with Gasteiger partial charge in [-0.1, -0.05) is 30.4 Å². The van der Waals surface area contributed by atoms with Crippen LogP contribution in [0.3, 0.4) is 0 Å². The van der Waals surface area contributed by atoms with Crippen molar-refractivity contribution in [2.24, 2.45) is 0 Å². The van der Waals surface area contributed by atoms with Crippen LogP contribution >= 0.6 is 0 Å². The van der Waals surface area contributed by atoms with Gasteiger partial charge < -0.3 is 25.4 Å². The number of amides is 2. The minimum Gasteiger partial charge on any atom is -0.369 e. The van der Waals surface area contributed by atoms with E-state index in [2.05, 4.69) is 38.5 Å². The van der Waals surface area contributed by atoms with Crippen LogP contribution in [0, 0.1) is 0 Å². The Hall–Kier alpha value is -4.43. The average Bonchev–Trinajstić information content (AvgIpc) is 3.42. The zero-order valence-corrected chi connectivity index (χ0v) is 22.7. The maximum absolute atomic E-state index is 12.9. The van der Waals surface area contributed by atoms with Gasteiger partial charge in [0, 0.05) is 60.3 Å². The van der Waals surface area contributed by atoms with Gasteiger partial charge in [0.15, 0.2) is 0 Å². The summed E-state index contributed by atoms with van der Waals surface area (Å²) in [5.74, 6) is 0.674. The van der Waals surface area contributed by atoms with Gasteiger partial charge in [-0.15, -0.1) is 0 Å². The highest BCUT2D eigenvalue weighted by Crippen LogP contribution is 2.28. The number of hydrogen-bond acceptors (Lipinski definition) is 5. The van der Waals surface area contributed by atoms with Crippen LogP contribution in [0.25, 0.3) is 11.0 Å². The van der Waals surface area contributed by atoms with E-state index in [1.807, 2.05) is 72.8 Å². The molecule has 1 aliphatic heterocycles. The van der Waals surface area contributed by atoms with E-state index in [1.165, 1.54) is 0 Å². The molecule has 8 nitrogen and oxygen atoms in total. The van der Waals surface area contributed by atoms with Crippen molar-refractivity contribution in [3.05, 3.63) is 102 Å². The number of hydrogen-bond donors (Lipinski definition) is 3. The van der Waals surface area contributed by atoms with E-state index in [4.69, 9.17) is 4.98 Å². The van der Waals surface area contributed by atoms with E-state index in [0.29, 0.717) is 23.2 Å². The van der Waals surface area contributed by atoms with Gasteiger partial charge in [-0.2, -0.15) is 0 Å². The maximum atomic E-state index is 12.9. The lowest BCUT2D eigenvalue weighted by Gasteiger charge is -2.34. The largest absolute Gasteiger partial charge is 0.369 e. The number of nitrogens with zero attached hydrogens (tertiary/aromatic N) is 3. The first-order valence-corrected chi connectivity index (χ1v) is 13.9. The van der Waals surface area contributed by atoms with Crippen LogP contribution < -0.4 is 15.5 Å². The van der Waals surface area contributed by atoms with Gasteiger partial charge in [0.05, 0.1) is 11.0 Å². The number of piperazine rings is 1. The summed E-state index contributed by atoms with van der Waals surface area (Å²) in [5, 5.41) is 6.02. The Kier molecular flexibility index (Phi) is 7.33. The number of likely N-dealkylation sites (N-methyl/N-ethyl adjacent to an activating group) is 1. The number of imidazole rings is 1. The fourth-order valence-electron chi connectivity index (χ4n) is 5.29. The third-order valence-electron chi connectivity index (χ3n) is 7.76. The number of carbonyl (C=O) groups excluding carboxylic acids is 2. The van der Waals surface area contributed by atoms with Crippen molar-refractivity contribution in [3.63, 3.8) is 0 Å². The molecule has 0 saturated carbocycles. The lowest BCUT2D eigenvalue weighted by molar-refractivity contribution is -0.116. The van der Waals surface area contributed by atoms with Crippen LogP contribution in [-0.4, -0.2) is 59.9 Å². The topological polar surface area (TPSA) is 93.4 Å². The second-order valence-electron chi connectivity index (χ2n) is 10.6. The fourth-order valence-corrected chi connectivity index (χ4v) is 5.29. The lowest BCUT2D eigenvalue weighted by Crippen LogP contribution is -2.44. The van der Waals surface area contributed by atoms with Gasteiger partial charge in [0.2, 0.25) is 0 Å². The van der Waals surface area contributed by atoms with E-state index < -0.39 is 0 Å². The zero-order chi connectivity index (χ0) is 27.5. The monoisotopic (exact) mass is 534 g/mol. The molecule has 6 rings (SSSR count). The van der Waals surface area contributed by atoms with Crippen molar-refractivity contribution in [2.75, 3.05) is 43.4 Å². The van der Waals surface area contributed by atoms with Crippen molar-refractivity contribution < 1.29 is 9.59 Å². The van der Waals surface area contributed by atoms with Gasteiger partial charge >= 0.3 is 0 Å². The van der Waals surface area contributed by atoms with Gasteiger partial charge in [-0.05, 0) is 74.9 Å². The molecule has 3 aliphatic rings. The van der Waals surface area contributed by atoms with Crippen molar-refractivity contribution >= 4 is 34.2 Å². The van der Waals surface area contributed by atoms with Gasteiger partial charge in [0.1, 0.15) is 5.82 Å². The molecule has 3 aromatic rings. The number of fused-ring (bicyclic) bond motifs is 1. The average molecular weight is 535 g/mol. The molecule has 0 radical (unpaired) electrons. The predicted molar refractivity (Wildman–Crippen MR) is 159 cm³/mol. The first-order valence-electron chi connectivity index (χ1n) is 13.9. The molecule has 1 saturated heterocycles. The van der Waals surface area contributed by atoms with E-state index in [1.54, 1.807) is 0 Å². The van der Waals surface area contributed by atoms with E-state index in [9.17, 15) is 9.59 Å². The summed E-state index contributed by atoms with van der Waals surface area (Å²) < 4.78 is 0. The Balaban J connectivity index is 1.07. The first kappa shape index (κ1) is 25.8. The smallest absolute Gasteiger partial charge is 0.255 e. The summed E-state index contributed by atoms with van der Waals surface area (Å²) in [7, 11) is 2.14. The number of H-pyrrole nitrogens is 1. The standard InChI is InChI=1S/C32H34N6O2/c1-37-17-19-38(20-18-37)27-14-11-24(12-15-27)32(40)34-26-13-16-28-29(21-26)36-30(35-28)22-7-9-23(10-8-22)31(39)33-25-5-3-2-4-6-25/h2-3,5,7,9-16,21-22H,4,6,8,17-20H2,1H3,(H,33,39)(H,34,40)(H,35,36). The Labute approximate surface area is 234 Å². The molecular weight excluding hydrogens is 500 g/mol. The third kappa shape index (κ3) is 5.77. The molecule has 1 unspecified atom stereocenters. The number of aromatic amines is 1. The number of allylic oxidation sites excluding steroid dienone is 6. The molecule has 204 valence electrons. The molecule has 8 heteroatoms. The molecule has 1 fully saturated rings. The Morgan fingerprint density at radius 2 is 1.82 bits per heavy atom. The molecular formula is C32H34N6O2. The Morgan fingerprint density at radius 1 is 1.00 bits per heavy atom. The van der Waals surface area contributed by atoms with Crippen molar-refractivity contribution in [1.82, 2.24) is 20.2 Å². The number of benzene rings is 2. The highest BCUT2D eigenvalue weighted by molar-refractivity contribution is 6.05. The number of rotatable bonds is 6. The van der Waals surface area contributed by atoms with Gasteiger partial charge in [-0.25, -0.2) is 4.98 Å². The van der Waals surface area contributed by atoms with Crippen LogP contribution in [0.1, 0.15) is 41.4 Å². The minimum absolute atomic E-state index is 0.0534. The molecule has 2 aromatic carbocycles. The van der Waals surface area contributed by atoms with Gasteiger partial charge in [0.25, 0.3) is 11.8 Å². The second-order valence-corrected chi connectivity index (χ2v) is 10.6. The van der Waals surface area contributed by atoms with Crippen LogP contribution in [0.4, 0.5) is 11.4 Å². The molecule has 40 heavy (non-hydrogen) atoms. The maximum Gasteiger partial charge on any atom is 0.255 e. The van der Waals surface area contributed by atoms with Crippen LogP contribution in [-0.2, 0) is 4.79 Å². The van der Waals surface area contributed by atoms with E-state index >= 15 is 0 Å². The van der Waals surface area contributed by atoms with Gasteiger partial charge in [-0.3, -0.25) is 9.59 Å². The summed E-state index contributed by atoms with van der Waals surface area (Å²) in [5.41, 5.74) is 5.80. The van der Waals surface area contributed by atoms with Crippen molar-refractivity contribution in [1.29, 1.82) is 0 Å². The summed E-state index contributed by atoms with van der Waals surface area (Å²) in [4.78, 5) is 38.4. The lowest BCUT2D eigenvalue weighted by atomic mass is 9.95.